The molecule has 1 aliphatic rings. The van der Waals surface area contributed by atoms with Crippen molar-refractivity contribution in [3.63, 3.8) is 0 Å². The van der Waals surface area contributed by atoms with Crippen molar-refractivity contribution in [1.29, 1.82) is 0 Å². The van der Waals surface area contributed by atoms with Gasteiger partial charge in [-0.3, -0.25) is 15.1 Å². The third kappa shape index (κ3) is 3.61. The Balaban J connectivity index is 1.82. The first-order chi connectivity index (χ1) is 12.0. The molecule has 2 amide bonds. The second kappa shape index (κ2) is 6.90. The van der Waals surface area contributed by atoms with Gasteiger partial charge in [0, 0.05) is 25.2 Å². The van der Waals surface area contributed by atoms with Crippen LogP contribution in [0.4, 0.5) is 14.9 Å². The summed E-state index contributed by atoms with van der Waals surface area (Å²) in [5, 5.41) is 1.55. The van der Waals surface area contributed by atoms with Crippen LogP contribution in [0.2, 0.25) is 0 Å². The Morgan fingerprint density at radius 3 is 2.48 bits per heavy atom. The van der Waals surface area contributed by atoms with E-state index in [1.165, 1.54) is 11.0 Å². The molecule has 1 N–H and O–H groups in total. The summed E-state index contributed by atoms with van der Waals surface area (Å²) >= 11 is 0. The fourth-order valence-corrected chi connectivity index (χ4v) is 2.60. The zero-order chi connectivity index (χ0) is 18.0. The van der Waals surface area contributed by atoms with Gasteiger partial charge in [0.1, 0.15) is 12.4 Å². The maximum atomic E-state index is 14.5. The Labute approximate surface area is 144 Å². The van der Waals surface area contributed by atoms with E-state index in [0.717, 1.165) is 0 Å². The van der Waals surface area contributed by atoms with E-state index in [-0.39, 0.29) is 5.91 Å². The molecule has 1 saturated heterocycles. The van der Waals surface area contributed by atoms with Crippen LogP contribution in [0, 0.1) is 5.82 Å². The van der Waals surface area contributed by atoms with Crippen LogP contribution in [0.25, 0.3) is 11.1 Å². The molecule has 25 heavy (non-hydrogen) atoms. The number of ether oxygens (including phenoxy) is 1. The van der Waals surface area contributed by atoms with Crippen LogP contribution in [-0.2, 0) is 4.74 Å². The highest BCUT2D eigenvalue weighted by molar-refractivity contribution is 5.94. The van der Waals surface area contributed by atoms with E-state index in [0.29, 0.717) is 35.5 Å². The van der Waals surface area contributed by atoms with Gasteiger partial charge in [0.25, 0.3) is 5.91 Å². The third-order valence-electron chi connectivity index (χ3n) is 3.81. The first-order valence-electron chi connectivity index (χ1n) is 7.78. The van der Waals surface area contributed by atoms with E-state index in [9.17, 15) is 14.0 Å². The molecule has 0 radical (unpaired) electrons. The lowest BCUT2D eigenvalue weighted by molar-refractivity contribution is 0.0857. The molecule has 0 atom stereocenters. The minimum absolute atomic E-state index is 0.236. The summed E-state index contributed by atoms with van der Waals surface area (Å²) in [4.78, 5) is 24.9. The highest BCUT2D eigenvalue weighted by atomic mass is 19.1. The summed E-state index contributed by atoms with van der Waals surface area (Å²) in [6, 6.07) is 11.3. The summed E-state index contributed by atoms with van der Waals surface area (Å²) < 4.78 is 19.3. The number of anilines is 1. The molecule has 7 heteroatoms. The number of nitrogens with zero attached hydrogens (tertiary/aromatic N) is 2. The van der Waals surface area contributed by atoms with Crippen molar-refractivity contribution < 1.29 is 18.7 Å². The summed E-state index contributed by atoms with van der Waals surface area (Å²) in [6.07, 6.45) is -0.469. The molecule has 0 unspecified atom stereocenters. The number of carbonyl (C=O) groups is 2. The minimum Gasteiger partial charge on any atom is -0.447 e. The number of hydrazine groups is 1. The molecule has 0 spiro atoms. The lowest BCUT2D eigenvalue weighted by atomic mass is 10.0. The van der Waals surface area contributed by atoms with Crippen molar-refractivity contribution in [3.05, 3.63) is 53.8 Å². The number of cyclic esters (lactones) is 1. The Kier molecular flexibility index (Phi) is 4.67. The summed E-state index contributed by atoms with van der Waals surface area (Å²) in [6.45, 7) is 0.714. The quantitative estimate of drug-likeness (QED) is 0.867. The second-order valence-electron chi connectivity index (χ2n) is 5.84. The van der Waals surface area contributed by atoms with E-state index in [1.54, 1.807) is 55.5 Å². The van der Waals surface area contributed by atoms with Crippen molar-refractivity contribution in [3.8, 4) is 11.1 Å². The molecule has 2 aromatic carbocycles. The zero-order valence-electron chi connectivity index (χ0n) is 14.0. The largest absolute Gasteiger partial charge is 0.447 e. The molecule has 0 bridgehead atoms. The van der Waals surface area contributed by atoms with Crippen LogP contribution >= 0.6 is 0 Å². The number of benzene rings is 2. The standard InChI is InChI=1S/C18H18FN3O3/c1-21(2)20-17(23)13-5-3-12(4-6-13)15-8-7-14(11-16(15)19)22-9-10-25-18(22)24/h3-8,11H,9-10H2,1-2H3,(H,20,23). The van der Waals surface area contributed by atoms with E-state index < -0.39 is 11.9 Å². The Bertz CT molecular complexity index is 806. The summed E-state index contributed by atoms with van der Waals surface area (Å²) in [5.41, 5.74) is 4.63. The van der Waals surface area contributed by atoms with E-state index in [2.05, 4.69) is 5.43 Å². The molecule has 6 nitrogen and oxygen atoms in total. The maximum absolute atomic E-state index is 14.5. The Morgan fingerprint density at radius 2 is 1.92 bits per heavy atom. The average Bonchev–Trinajstić information content (AvgIpc) is 3.00. The lowest BCUT2D eigenvalue weighted by Crippen LogP contribution is -2.36. The van der Waals surface area contributed by atoms with Crippen LogP contribution in [0.5, 0.6) is 0 Å². The molecule has 3 rings (SSSR count). The van der Waals surface area contributed by atoms with Gasteiger partial charge in [-0.1, -0.05) is 12.1 Å². The minimum atomic E-state index is -0.469. The predicted octanol–water partition coefficient (Wildman–Crippen LogP) is 2.66. The molecule has 0 aromatic heterocycles. The van der Waals surface area contributed by atoms with Crippen molar-refractivity contribution in [2.75, 3.05) is 32.1 Å². The normalized spacial score (nSPS) is 13.9. The van der Waals surface area contributed by atoms with E-state index in [4.69, 9.17) is 4.74 Å². The number of hydrogen-bond acceptors (Lipinski definition) is 4. The second-order valence-corrected chi connectivity index (χ2v) is 5.84. The van der Waals surface area contributed by atoms with Crippen molar-refractivity contribution in [2.24, 2.45) is 0 Å². The van der Waals surface area contributed by atoms with Crippen LogP contribution in [0.1, 0.15) is 10.4 Å². The third-order valence-corrected chi connectivity index (χ3v) is 3.81. The predicted molar refractivity (Wildman–Crippen MR) is 91.7 cm³/mol. The number of nitrogens with one attached hydrogen (secondary N) is 1. The van der Waals surface area contributed by atoms with Gasteiger partial charge in [-0.05, 0) is 35.9 Å². The summed E-state index contributed by atoms with van der Waals surface area (Å²) in [7, 11) is 3.44. The van der Waals surface area contributed by atoms with Gasteiger partial charge in [0.15, 0.2) is 0 Å². The topological polar surface area (TPSA) is 61.9 Å². The van der Waals surface area contributed by atoms with Gasteiger partial charge in [0.2, 0.25) is 0 Å². The van der Waals surface area contributed by atoms with Gasteiger partial charge in [-0.15, -0.1) is 0 Å². The number of rotatable bonds is 4. The van der Waals surface area contributed by atoms with E-state index in [1.807, 2.05) is 0 Å². The number of halogens is 1. The maximum Gasteiger partial charge on any atom is 0.414 e. The fourth-order valence-electron chi connectivity index (χ4n) is 2.60. The monoisotopic (exact) mass is 343 g/mol. The average molecular weight is 343 g/mol. The van der Waals surface area contributed by atoms with Crippen LogP contribution < -0.4 is 10.3 Å². The lowest BCUT2D eigenvalue weighted by Gasteiger charge is -2.14. The molecular weight excluding hydrogens is 325 g/mol. The number of carbonyl (C=O) groups excluding carboxylic acids is 2. The van der Waals surface area contributed by atoms with Crippen LogP contribution in [0.15, 0.2) is 42.5 Å². The van der Waals surface area contributed by atoms with Crippen molar-refractivity contribution in [1.82, 2.24) is 10.4 Å². The molecule has 1 heterocycles. The van der Waals surface area contributed by atoms with Crippen molar-refractivity contribution in [2.45, 2.75) is 0 Å². The highest BCUT2D eigenvalue weighted by Crippen LogP contribution is 2.28. The molecule has 1 aliphatic heterocycles. The molecular formula is C18H18FN3O3. The molecule has 1 fully saturated rings. The van der Waals surface area contributed by atoms with Crippen LogP contribution in [0.3, 0.4) is 0 Å². The van der Waals surface area contributed by atoms with Gasteiger partial charge in [-0.2, -0.15) is 0 Å². The van der Waals surface area contributed by atoms with E-state index >= 15 is 0 Å². The first-order valence-corrected chi connectivity index (χ1v) is 7.78. The summed E-state index contributed by atoms with van der Waals surface area (Å²) in [5.74, 6) is -0.678. The molecule has 0 saturated carbocycles. The SMILES string of the molecule is CN(C)NC(=O)c1ccc(-c2ccc(N3CCOC3=O)cc2F)cc1. The van der Waals surface area contributed by atoms with Crippen LogP contribution in [-0.4, -0.2) is 44.3 Å². The fraction of sp³-hybridized carbons (Fsp3) is 0.222. The zero-order valence-corrected chi connectivity index (χ0v) is 14.0. The van der Waals surface area contributed by atoms with Gasteiger partial charge in [-0.25, -0.2) is 14.2 Å². The molecule has 0 aliphatic carbocycles. The highest BCUT2D eigenvalue weighted by Gasteiger charge is 2.24. The Hall–Kier alpha value is -2.93. The number of amides is 2. The Morgan fingerprint density at radius 1 is 1.20 bits per heavy atom. The van der Waals surface area contributed by atoms with Gasteiger partial charge >= 0.3 is 6.09 Å². The van der Waals surface area contributed by atoms with Crippen molar-refractivity contribution >= 4 is 17.7 Å². The number of hydrogen-bond donors (Lipinski definition) is 1. The molecule has 2 aromatic rings. The smallest absolute Gasteiger partial charge is 0.414 e. The van der Waals surface area contributed by atoms with Gasteiger partial charge in [0.05, 0.1) is 12.2 Å². The molecule has 130 valence electrons. The van der Waals surface area contributed by atoms with Gasteiger partial charge < -0.3 is 4.74 Å². The first kappa shape index (κ1) is 16.9.